The summed E-state index contributed by atoms with van der Waals surface area (Å²) in [4.78, 5) is 42.8. The molecule has 3 aliphatic heterocycles. The van der Waals surface area contributed by atoms with Crippen LogP contribution in [0.1, 0.15) is 52.4 Å². The molecule has 1 saturated carbocycles. The van der Waals surface area contributed by atoms with E-state index in [0.29, 0.717) is 28.2 Å². The number of carbonyl (C=O) groups excluding carboxylic acids is 3. The first kappa shape index (κ1) is 25.6. The van der Waals surface area contributed by atoms with Crippen molar-refractivity contribution in [1.29, 1.82) is 0 Å². The molecule has 2 saturated heterocycles. The van der Waals surface area contributed by atoms with Crippen molar-refractivity contribution in [3.63, 3.8) is 0 Å². The Hall–Kier alpha value is -2.09. The highest BCUT2D eigenvalue weighted by atomic mass is 35.5. The molecule has 2 N–H and O–H groups in total. The van der Waals surface area contributed by atoms with Crippen LogP contribution in [0.2, 0.25) is 10.0 Å². The van der Waals surface area contributed by atoms with Gasteiger partial charge in [-0.05, 0) is 43.4 Å². The van der Waals surface area contributed by atoms with Crippen LogP contribution in [-0.2, 0) is 19.1 Å². The fourth-order valence-corrected chi connectivity index (χ4v) is 6.81. The molecule has 5 atom stereocenters. The summed E-state index contributed by atoms with van der Waals surface area (Å²) in [5.41, 5.74) is -0.696. The zero-order valence-corrected chi connectivity index (χ0v) is 22.1. The van der Waals surface area contributed by atoms with Gasteiger partial charge in [-0.15, -0.1) is 0 Å². The summed E-state index contributed by atoms with van der Waals surface area (Å²) in [6.07, 6.45) is 9.11. The molecule has 9 heteroatoms. The zero-order chi connectivity index (χ0) is 25.6. The summed E-state index contributed by atoms with van der Waals surface area (Å²) in [6, 6.07) is 4.11. The average molecular weight is 534 g/mol. The number of likely N-dealkylation sites (tertiary alicyclic amines) is 1. The van der Waals surface area contributed by atoms with Crippen LogP contribution in [0.4, 0.5) is 5.69 Å². The maximum Gasteiger partial charge on any atom is 0.246 e. The summed E-state index contributed by atoms with van der Waals surface area (Å²) in [5, 5.41) is 6.87. The second-order valence-corrected chi connectivity index (χ2v) is 11.8. The Bertz CT molecular complexity index is 1070. The minimum Gasteiger partial charge on any atom is -0.359 e. The molecule has 0 aromatic heterocycles. The molecule has 2 bridgehead atoms. The van der Waals surface area contributed by atoms with E-state index in [0.717, 1.165) is 32.1 Å². The summed E-state index contributed by atoms with van der Waals surface area (Å²) in [5.74, 6) is -1.90. The molecule has 36 heavy (non-hydrogen) atoms. The van der Waals surface area contributed by atoms with Gasteiger partial charge in [-0.1, -0.05) is 68.5 Å². The molecule has 1 aromatic carbocycles. The number of carbonyl (C=O) groups is 3. The smallest absolute Gasteiger partial charge is 0.246 e. The van der Waals surface area contributed by atoms with Gasteiger partial charge in [0.05, 0.1) is 17.9 Å². The second kappa shape index (κ2) is 9.99. The molecule has 3 heterocycles. The third-order valence-corrected chi connectivity index (χ3v) is 8.39. The summed E-state index contributed by atoms with van der Waals surface area (Å²) in [6.45, 7) is 4.62. The topological polar surface area (TPSA) is 87.7 Å². The van der Waals surface area contributed by atoms with Crippen LogP contribution < -0.4 is 10.6 Å². The fraction of sp³-hybridized carbons (Fsp3) is 0.593. The van der Waals surface area contributed by atoms with Crippen LogP contribution in [-0.4, -0.2) is 53.0 Å². The fourth-order valence-electron chi connectivity index (χ4n) is 6.28. The van der Waals surface area contributed by atoms with Crippen molar-refractivity contribution in [2.75, 3.05) is 11.9 Å². The summed E-state index contributed by atoms with van der Waals surface area (Å²) in [7, 11) is 0. The average Bonchev–Trinajstić information content (AvgIpc) is 3.45. The minimum atomic E-state index is -1.15. The minimum absolute atomic E-state index is 0.109. The molecule has 3 unspecified atom stereocenters. The monoisotopic (exact) mass is 533 g/mol. The molecule has 5 rings (SSSR count). The molecular formula is C27H33Cl2N3O4. The van der Waals surface area contributed by atoms with Crippen molar-refractivity contribution in [3.05, 3.63) is 40.4 Å². The standard InChI is InChI=1S/C27H33Cl2N3O4/c1-15(2)9-11-32-23(25(34)30-18-6-4-3-5-7-18)27-10-8-20(36-27)21(22(27)26(32)35)24(33)31-19-13-16(28)12-17(29)14-19/h8,10,12-15,18,20-23H,3-7,9,11H2,1-2H3,(H,30,34)(H,31,33)/t20-,21?,22-,23?,27?/m0/s1. The highest BCUT2D eigenvalue weighted by molar-refractivity contribution is 6.35. The number of rotatable bonds is 7. The van der Waals surface area contributed by atoms with Crippen LogP contribution >= 0.6 is 23.2 Å². The van der Waals surface area contributed by atoms with E-state index in [-0.39, 0.29) is 23.8 Å². The number of nitrogens with one attached hydrogen (secondary N) is 2. The molecule has 0 radical (unpaired) electrons. The molecule has 4 aliphatic rings. The molecular weight excluding hydrogens is 501 g/mol. The first-order valence-corrected chi connectivity index (χ1v) is 13.7. The Labute approximate surface area is 221 Å². The van der Waals surface area contributed by atoms with Crippen LogP contribution in [0.5, 0.6) is 0 Å². The number of fused-ring (bicyclic) bond motifs is 1. The number of anilines is 1. The molecule has 3 fully saturated rings. The lowest BCUT2D eigenvalue weighted by molar-refractivity contribution is -0.141. The van der Waals surface area contributed by atoms with E-state index in [4.69, 9.17) is 27.9 Å². The zero-order valence-electron chi connectivity index (χ0n) is 20.6. The lowest BCUT2D eigenvalue weighted by atomic mass is 9.74. The quantitative estimate of drug-likeness (QED) is 0.502. The van der Waals surface area contributed by atoms with Crippen molar-refractivity contribution >= 4 is 46.6 Å². The Balaban J connectivity index is 1.43. The van der Waals surface area contributed by atoms with Gasteiger partial charge >= 0.3 is 0 Å². The number of ether oxygens (including phenoxy) is 1. The van der Waals surface area contributed by atoms with E-state index in [2.05, 4.69) is 24.5 Å². The molecule has 3 amide bonds. The Morgan fingerprint density at radius 1 is 1.11 bits per heavy atom. The highest BCUT2D eigenvalue weighted by Gasteiger charge is 2.72. The lowest BCUT2D eigenvalue weighted by Gasteiger charge is -2.34. The van der Waals surface area contributed by atoms with E-state index in [1.54, 1.807) is 23.1 Å². The number of amides is 3. The number of hydrogen-bond donors (Lipinski definition) is 2. The first-order valence-electron chi connectivity index (χ1n) is 12.9. The number of halogens is 2. The molecule has 7 nitrogen and oxygen atoms in total. The predicted octanol–water partition coefficient (Wildman–Crippen LogP) is 4.58. The molecule has 1 aliphatic carbocycles. The Morgan fingerprint density at radius 2 is 1.81 bits per heavy atom. The number of benzene rings is 1. The summed E-state index contributed by atoms with van der Waals surface area (Å²) < 4.78 is 6.39. The van der Waals surface area contributed by atoms with Gasteiger partial charge in [-0.3, -0.25) is 14.4 Å². The van der Waals surface area contributed by atoms with Gasteiger partial charge < -0.3 is 20.3 Å². The lowest BCUT2D eigenvalue weighted by Crippen LogP contribution is -2.56. The molecule has 1 spiro atoms. The second-order valence-electron chi connectivity index (χ2n) is 10.9. The van der Waals surface area contributed by atoms with Crippen molar-refractivity contribution in [2.24, 2.45) is 17.8 Å². The first-order chi connectivity index (χ1) is 17.2. The van der Waals surface area contributed by atoms with Crippen LogP contribution in [0, 0.1) is 17.8 Å². The molecule has 1 aromatic rings. The predicted molar refractivity (Wildman–Crippen MR) is 139 cm³/mol. The van der Waals surface area contributed by atoms with Crippen LogP contribution in [0.25, 0.3) is 0 Å². The van der Waals surface area contributed by atoms with Crippen molar-refractivity contribution in [2.45, 2.75) is 76.2 Å². The SMILES string of the molecule is CC(C)CCN1C(=O)[C@@H]2C(C(=O)Nc3cc(Cl)cc(Cl)c3)[C@@H]3C=CC2(O3)C1C(=O)NC1CCCCC1. The van der Waals surface area contributed by atoms with Gasteiger partial charge in [0.1, 0.15) is 11.6 Å². The van der Waals surface area contributed by atoms with E-state index in [9.17, 15) is 14.4 Å². The van der Waals surface area contributed by atoms with Gasteiger partial charge in [-0.25, -0.2) is 0 Å². The number of hydrogen-bond acceptors (Lipinski definition) is 4. The van der Waals surface area contributed by atoms with E-state index in [1.807, 2.05) is 12.2 Å². The van der Waals surface area contributed by atoms with Gasteiger partial charge in [0, 0.05) is 28.3 Å². The highest BCUT2D eigenvalue weighted by Crippen LogP contribution is 2.55. The van der Waals surface area contributed by atoms with Crippen LogP contribution in [0.3, 0.4) is 0 Å². The van der Waals surface area contributed by atoms with E-state index < -0.39 is 29.6 Å². The number of nitrogens with zero attached hydrogens (tertiary/aromatic N) is 1. The largest absolute Gasteiger partial charge is 0.359 e. The van der Waals surface area contributed by atoms with Crippen LogP contribution in [0.15, 0.2) is 30.4 Å². The third kappa shape index (κ3) is 4.54. The van der Waals surface area contributed by atoms with Crippen molar-refractivity contribution in [3.8, 4) is 0 Å². The van der Waals surface area contributed by atoms with Gasteiger partial charge in [0.25, 0.3) is 0 Å². The normalized spacial score (nSPS) is 31.2. The van der Waals surface area contributed by atoms with Crippen molar-refractivity contribution in [1.82, 2.24) is 10.2 Å². The van der Waals surface area contributed by atoms with Gasteiger partial charge in [0.2, 0.25) is 17.7 Å². The van der Waals surface area contributed by atoms with Gasteiger partial charge in [0.15, 0.2) is 0 Å². The maximum absolute atomic E-state index is 13.9. The van der Waals surface area contributed by atoms with E-state index in [1.165, 1.54) is 6.42 Å². The Kier molecular flexibility index (Phi) is 7.09. The van der Waals surface area contributed by atoms with E-state index >= 15 is 0 Å². The molecule has 194 valence electrons. The van der Waals surface area contributed by atoms with Gasteiger partial charge in [-0.2, -0.15) is 0 Å². The van der Waals surface area contributed by atoms with Crippen molar-refractivity contribution < 1.29 is 19.1 Å². The maximum atomic E-state index is 13.9. The Morgan fingerprint density at radius 3 is 2.47 bits per heavy atom. The third-order valence-electron chi connectivity index (χ3n) is 7.95. The summed E-state index contributed by atoms with van der Waals surface area (Å²) >= 11 is 12.2.